The average molecular weight is 494 g/mol. The molecule has 33 heavy (non-hydrogen) atoms. The number of amides is 1. The molecule has 1 aromatic heterocycles. The second-order valence-electron chi connectivity index (χ2n) is 7.07. The molecule has 12 heteroatoms. The number of aromatic nitrogens is 1. The Hall–Kier alpha value is -3.09. The summed E-state index contributed by atoms with van der Waals surface area (Å²) in [5.74, 6) is -0.972. The number of hydrogen-bond acceptors (Lipinski definition) is 7. The smallest absolute Gasteiger partial charge is 0.405 e. The highest BCUT2D eigenvalue weighted by atomic mass is 33.1. The zero-order valence-electron chi connectivity index (χ0n) is 17.1. The summed E-state index contributed by atoms with van der Waals surface area (Å²) < 4.78 is 46.6. The molecule has 1 aliphatic rings. The monoisotopic (exact) mass is 493 g/mol. The quantitative estimate of drug-likeness (QED) is 0.429. The van der Waals surface area contributed by atoms with Crippen LogP contribution >= 0.6 is 10.8 Å². The van der Waals surface area contributed by atoms with Gasteiger partial charge in [0.2, 0.25) is 0 Å². The van der Waals surface area contributed by atoms with Gasteiger partial charge in [0, 0.05) is 32.1 Å². The molecule has 3 aromatic rings. The Morgan fingerprint density at radius 3 is 2.70 bits per heavy atom. The average Bonchev–Trinajstić information content (AvgIpc) is 3.12. The second kappa shape index (κ2) is 9.04. The standard InChI is InChI=1S/C21H18F3N5O2S2/c1-11(14-4-2-3-5-17(14)31-21(22,23)24)28-20(30)15-8-13(10-27-19(15)25)12-6-7-16-18(9-12)32-33(26)29-16/h2-11H,1H3,(H2,25,27)(H2,26,29)(H,28,30). The van der Waals surface area contributed by atoms with Crippen LogP contribution in [0.25, 0.3) is 11.1 Å². The number of nitrogens with zero attached hydrogens (tertiary/aromatic N) is 2. The van der Waals surface area contributed by atoms with Crippen molar-refractivity contribution >= 4 is 38.1 Å². The van der Waals surface area contributed by atoms with Crippen LogP contribution in [-0.2, 0) is 9.91 Å². The lowest BCUT2D eigenvalue weighted by atomic mass is 10.0. The van der Waals surface area contributed by atoms with Gasteiger partial charge in [-0.25, -0.2) is 9.35 Å². The molecule has 1 amide bonds. The molecule has 7 nitrogen and oxygen atoms in total. The van der Waals surface area contributed by atoms with Crippen molar-refractivity contribution in [3.63, 3.8) is 0 Å². The van der Waals surface area contributed by atoms with E-state index < -0.39 is 34.0 Å². The van der Waals surface area contributed by atoms with Gasteiger partial charge in [-0.2, -0.15) is 0 Å². The lowest BCUT2D eigenvalue weighted by Crippen LogP contribution is -2.28. The molecule has 5 N–H and O–H groups in total. The number of para-hydroxylation sites is 1. The van der Waals surface area contributed by atoms with Crippen molar-refractivity contribution in [1.82, 2.24) is 10.3 Å². The van der Waals surface area contributed by atoms with Gasteiger partial charge in [0.1, 0.15) is 11.6 Å². The first kappa shape index (κ1) is 23.1. The zero-order chi connectivity index (χ0) is 23.8. The van der Waals surface area contributed by atoms with Crippen LogP contribution in [0.5, 0.6) is 5.75 Å². The molecule has 0 spiro atoms. The number of carbonyl (C=O) groups excluding carboxylic acids is 1. The number of anilines is 1. The molecule has 0 fully saturated rings. The minimum atomic E-state index is -4.85. The number of carbonyl (C=O) groups is 1. The van der Waals surface area contributed by atoms with E-state index in [-0.39, 0.29) is 16.9 Å². The van der Waals surface area contributed by atoms with Crippen molar-refractivity contribution in [1.29, 1.82) is 0 Å². The number of nitrogens with one attached hydrogen (secondary N) is 1. The van der Waals surface area contributed by atoms with Gasteiger partial charge >= 0.3 is 6.36 Å². The predicted octanol–water partition coefficient (Wildman–Crippen LogP) is 5.05. The van der Waals surface area contributed by atoms with Crippen LogP contribution in [0, 0.1) is 0 Å². The number of rotatable bonds is 5. The first-order valence-electron chi connectivity index (χ1n) is 9.55. The van der Waals surface area contributed by atoms with Crippen LogP contribution in [0.3, 0.4) is 0 Å². The summed E-state index contributed by atoms with van der Waals surface area (Å²) in [4.78, 5) is 18.0. The first-order valence-corrected chi connectivity index (χ1v) is 12.1. The van der Waals surface area contributed by atoms with E-state index in [4.69, 9.17) is 10.9 Å². The summed E-state index contributed by atoms with van der Waals surface area (Å²) in [6.45, 7) is 1.55. The van der Waals surface area contributed by atoms with Crippen LogP contribution in [0.2, 0.25) is 0 Å². The second-order valence-corrected chi connectivity index (χ2v) is 9.94. The lowest BCUT2D eigenvalue weighted by molar-refractivity contribution is -0.275. The third kappa shape index (κ3) is 5.29. The Kier molecular flexibility index (Phi) is 6.32. The Morgan fingerprint density at radius 2 is 1.94 bits per heavy atom. The van der Waals surface area contributed by atoms with Gasteiger partial charge < -0.3 is 15.8 Å². The van der Waals surface area contributed by atoms with Gasteiger partial charge in [-0.05, 0) is 47.5 Å². The van der Waals surface area contributed by atoms with Crippen molar-refractivity contribution in [2.75, 3.05) is 5.73 Å². The van der Waals surface area contributed by atoms with Crippen molar-refractivity contribution in [2.45, 2.75) is 24.2 Å². The first-order chi connectivity index (χ1) is 15.6. The van der Waals surface area contributed by atoms with E-state index in [2.05, 4.69) is 19.4 Å². The largest absolute Gasteiger partial charge is 0.573 e. The normalized spacial score (nSPS) is 16.0. The van der Waals surface area contributed by atoms with Crippen LogP contribution in [-0.4, -0.2) is 17.3 Å². The van der Waals surface area contributed by atoms with Gasteiger partial charge in [-0.15, -0.1) is 13.2 Å². The number of alkyl halides is 3. The predicted molar refractivity (Wildman–Crippen MR) is 123 cm³/mol. The van der Waals surface area contributed by atoms with Crippen LogP contribution in [0.4, 0.5) is 24.7 Å². The molecule has 2 aromatic carbocycles. The van der Waals surface area contributed by atoms with E-state index in [1.54, 1.807) is 25.3 Å². The van der Waals surface area contributed by atoms with Crippen molar-refractivity contribution in [2.24, 2.45) is 9.50 Å². The van der Waals surface area contributed by atoms with Gasteiger partial charge in [-0.1, -0.05) is 24.3 Å². The fourth-order valence-electron chi connectivity index (χ4n) is 3.27. The Bertz CT molecular complexity index is 1270. The molecule has 2 atom stereocenters. The van der Waals surface area contributed by atoms with Crippen molar-refractivity contribution < 1.29 is 22.7 Å². The number of halogens is 3. The van der Waals surface area contributed by atoms with Crippen LogP contribution < -0.4 is 20.9 Å². The summed E-state index contributed by atoms with van der Waals surface area (Å²) in [5, 5.41) is 8.53. The summed E-state index contributed by atoms with van der Waals surface area (Å²) in [6.07, 6.45) is -3.31. The van der Waals surface area contributed by atoms with E-state index in [9.17, 15) is 18.0 Å². The fourth-order valence-corrected chi connectivity index (χ4v) is 5.58. The lowest BCUT2D eigenvalue weighted by Gasteiger charge is -2.19. The van der Waals surface area contributed by atoms with E-state index in [1.807, 2.05) is 18.2 Å². The third-order valence-electron chi connectivity index (χ3n) is 4.78. The highest BCUT2D eigenvalue weighted by Crippen LogP contribution is 2.41. The molecule has 0 saturated heterocycles. The SMILES string of the molecule is CC(NC(=O)c1cc(-c2ccc3c(c2)SS(N)=N3)cnc1N)c1ccccc1OC(F)(F)F. The minimum absolute atomic E-state index is 0.00249. The van der Waals surface area contributed by atoms with E-state index >= 15 is 0 Å². The molecule has 2 heterocycles. The Morgan fingerprint density at radius 1 is 1.18 bits per heavy atom. The molecule has 0 bridgehead atoms. The summed E-state index contributed by atoms with van der Waals surface area (Å²) >= 11 is 0. The molecule has 1 aliphatic heterocycles. The van der Waals surface area contributed by atoms with Crippen molar-refractivity contribution in [3.8, 4) is 16.9 Å². The maximum absolute atomic E-state index is 12.9. The molecule has 0 radical (unpaired) electrons. The number of fused-ring (bicyclic) bond motifs is 1. The topological polar surface area (TPSA) is 116 Å². The van der Waals surface area contributed by atoms with E-state index in [0.29, 0.717) is 5.56 Å². The van der Waals surface area contributed by atoms with Gasteiger partial charge in [0.25, 0.3) is 5.91 Å². The fraction of sp³-hybridized carbons (Fsp3) is 0.143. The number of nitrogens with two attached hydrogens (primary N) is 2. The summed E-state index contributed by atoms with van der Waals surface area (Å²) in [6, 6.07) is 12.0. The van der Waals surface area contributed by atoms with E-state index in [1.165, 1.54) is 29.0 Å². The van der Waals surface area contributed by atoms with Crippen molar-refractivity contribution in [3.05, 3.63) is 65.9 Å². The Labute approximate surface area is 193 Å². The Balaban J connectivity index is 1.57. The summed E-state index contributed by atoms with van der Waals surface area (Å²) in [7, 11) is 0.826. The number of benzene rings is 2. The maximum atomic E-state index is 12.9. The molecular weight excluding hydrogens is 475 g/mol. The van der Waals surface area contributed by atoms with Crippen LogP contribution in [0.15, 0.2) is 64.0 Å². The highest BCUT2D eigenvalue weighted by Gasteiger charge is 2.32. The number of pyridine rings is 1. The zero-order valence-corrected chi connectivity index (χ0v) is 18.7. The number of nitrogen functional groups attached to an aromatic ring is 1. The molecule has 0 aliphatic carbocycles. The van der Waals surface area contributed by atoms with Gasteiger partial charge in [-0.3, -0.25) is 9.93 Å². The third-order valence-corrected chi connectivity index (χ3v) is 7.11. The number of hydrogen-bond donors (Lipinski definition) is 3. The highest BCUT2D eigenvalue weighted by molar-refractivity contribution is 8.69. The molecule has 2 unspecified atom stereocenters. The minimum Gasteiger partial charge on any atom is -0.405 e. The van der Waals surface area contributed by atoms with E-state index in [0.717, 1.165) is 16.1 Å². The maximum Gasteiger partial charge on any atom is 0.573 e. The summed E-state index contributed by atoms with van der Waals surface area (Å²) in [5.41, 5.74) is 8.45. The number of ether oxygens (including phenoxy) is 1. The molecular formula is C21H18F3N5O2S2. The molecule has 0 saturated carbocycles. The molecule has 172 valence electrons. The van der Waals surface area contributed by atoms with Gasteiger partial charge in [0.05, 0.1) is 17.3 Å². The molecule has 4 rings (SSSR count). The van der Waals surface area contributed by atoms with Crippen LogP contribution in [0.1, 0.15) is 28.9 Å². The van der Waals surface area contributed by atoms with Gasteiger partial charge in [0.15, 0.2) is 0 Å².